The topological polar surface area (TPSA) is 69.7 Å². The minimum Gasteiger partial charge on any atom is -0.463 e. The number of esters is 2. The van der Waals surface area contributed by atoms with E-state index in [1.54, 1.807) is 6.92 Å². The number of rotatable bonds is 8. The average molecular weight is 523 g/mol. The summed E-state index contributed by atoms with van der Waals surface area (Å²) < 4.78 is 11.7. The molecule has 4 saturated carbocycles. The molecule has 0 radical (unpaired) electrons. The standard InChI is InChI=1S/C33H46O5/c1-20(9-11-25(36)17-23-7-5-4-6-8-23)27-15-16-30-29-13-10-24-18-26(37-21(2)34)12-14-28(24)31(29)19-32(33(27)30)38-22(3)35/h4-8,20,24,26-33H,9-19H2,1-3H3. The minimum atomic E-state index is -0.162. The monoisotopic (exact) mass is 522 g/mol. The van der Waals surface area contributed by atoms with Crippen LogP contribution in [0.15, 0.2) is 30.3 Å². The molecule has 0 spiro atoms. The Morgan fingerprint density at radius 2 is 1.53 bits per heavy atom. The van der Waals surface area contributed by atoms with Gasteiger partial charge in [0.2, 0.25) is 0 Å². The molecule has 5 nitrogen and oxygen atoms in total. The molecular weight excluding hydrogens is 476 g/mol. The Morgan fingerprint density at radius 3 is 2.26 bits per heavy atom. The van der Waals surface area contributed by atoms with Gasteiger partial charge in [0.1, 0.15) is 18.0 Å². The minimum absolute atomic E-state index is 0.00124. The molecule has 10 unspecified atom stereocenters. The van der Waals surface area contributed by atoms with Crippen molar-refractivity contribution in [2.45, 2.75) is 104 Å². The van der Waals surface area contributed by atoms with E-state index in [-0.39, 0.29) is 24.1 Å². The first-order valence-corrected chi connectivity index (χ1v) is 15.2. The predicted molar refractivity (Wildman–Crippen MR) is 146 cm³/mol. The number of carbonyl (C=O) groups excluding carboxylic acids is 3. The van der Waals surface area contributed by atoms with Gasteiger partial charge in [0.05, 0.1) is 0 Å². The van der Waals surface area contributed by atoms with Crippen LogP contribution in [-0.4, -0.2) is 29.9 Å². The van der Waals surface area contributed by atoms with Gasteiger partial charge >= 0.3 is 11.9 Å². The molecule has 0 heterocycles. The van der Waals surface area contributed by atoms with Crippen molar-refractivity contribution in [3.05, 3.63) is 35.9 Å². The van der Waals surface area contributed by atoms with E-state index in [9.17, 15) is 14.4 Å². The lowest BCUT2D eigenvalue weighted by Gasteiger charge is -2.55. The van der Waals surface area contributed by atoms with E-state index >= 15 is 0 Å². The van der Waals surface area contributed by atoms with Crippen LogP contribution in [0.2, 0.25) is 0 Å². The highest BCUT2D eigenvalue weighted by molar-refractivity contribution is 5.80. The highest BCUT2D eigenvalue weighted by atomic mass is 16.5. The van der Waals surface area contributed by atoms with Crippen molar-refractivity contribution in [2.75, 3.05) is 0 Å². The lowest BCUT2D eigenvalue weighted by atomic mass is 9.52. The normalized spacial score (nSPS) is 36.8. The van der Waals surface area contributed by atoms with Crippen molar-refractivity contribution in [2.24, 2.45) is 47.3 Å². The van der Waals surface area contributed by atoms with E-state index < -0.39 is 0 Å². The Labute approximate surface area is 228 Å². The fourth-order valence-electron chi connectivity index (χ4n) is 9.38. The van der Waals surface area contributed by atoms with Gasteiger partial charge < -0.3 is 9.47 Å². The fraction of sp³-hybridized carbons (Fsp3) is 0.727. The number of ketones is 1. The van der Waals surface area contributed by atoms with E-state index in [0.29, 0.717) is 60.1 Å². The maximum atomic E-state index is 12.7. The van der Waals surface area contributed by atoms with Crippen molar-refractivity contribution in [1.29, 1.82) is 0 Å². The van der Waals surface area contributed by atoms with Crippen LogP contribution in [0.5, 0.6) is 0 Å². The number of benzene rings is 1. The van der Waals surface area contributed by atoms with Gasteiger partial charge in [0.15, 0.2) is 0 Å². The summed E-state index contributed by atoms with van der Waals surface area (Å²) in [7, 11) is 0. The lowest BCUT2D eigenvalue weighted by molar-refractivity contribution is -0.165. The van der Waals surface area contributed by atoms with Gasteiger partial charge in [-0.15, -0.1) is 0 Å². The van der Waals surface area contributed by atoms with E-state index in [0.717, 1.165) is 43.6 Å². The number of carbonyl (C=O) groups is 3. The molecule has 5 heteroatoms. The maximum absolute atomic E-state index is 12.7. The summed E-state index contributed by atoms with van der Waals surface area (Å²) in [6.07, 6.45) is 11.1. The summed E-state index contributed by atoms with van der Waals surface area (Å²) in [5.41, 5.74) is 1.09. The van der Waals surface area contributed by atoms with Crippen LogP contribution < -0.4 is 0 Å². The summed E-state index contributed by atoms with van der Waals surface area (Å²) in [5.74, 6) is 4.63. The molecular formula is C33H46O5. The summed E-state index contributed by atoms with van der Waals surface area (Å²) in [6, 6.07) is 10.0. The zero-order valence-corrected chi connectivity index (χ0v) is 23.5. The molecule has 208 valence electrons. The average Bonchev–Trinajstić information content (AvgIpc) is 3.33. The number of Topliss-reactive ketones (excluding diaryl/α,β-unsaturated/α-hetero) is 1. The molecule has 0 aliphatic heterocycles. The third-order valence-electron chi connectivity index (χ3n) is 10.8. The van der Waals surface area contributed by atoms with Crippen LogP contribution >= 0.6 is 0 Å². The van der Waals surface area contributed by atoms with E-state index in [4.69, 9.17) is 9.47 Å². The highest BCUT2D eigenvalue weighted by Gasteiger charge is 2.56. The maximum Gasteiger partial charge on any atom is 0.302 e. The van der Waals surface area contributed by atoms with Gasteiger partial charge in [0, 0.05) is 32.6 Å². The molecule has 0 N–H and O–H groups in total. The molecule has 1 aromatic rings. The zero-order valence-electron chi connectivity index (χ0n) is 23.5. The van der Waals surface area contributed by atoms with Crippen LogP contribution in [-0.2, 0) is 30.3 Å². The third-order valence-corrected chi connectivity index (χ3v) is 10.8. The van der Waals surface area contributed by atoms with Gasteiger partial charge in [-0.2, -0.15) is 0 Å². The van der Waals surface area contributed by atoms with Crippen LogP contribution in [0, 0.1) is 47.3 Å². The van der Waals surface area contributed by atoms with Crippen molar-refractivity contribution in [1.82, 2.24) is 0 Å². The summed E-state index contributed by atoms with van der Waals surface area (Å²) in [6.45, 7) is 5.41. The van der Waals surface area contributed by atoms with Gasteiger partial charge in [-0.1, -0.05) is 37.3 Å². The summed E-state index contributed by atoms with van der Waals surface area (Å²) in [5, 5.41) is 0. The SMILES string of the molecule is CC(=O)OC1CCC2C(CCC3C2CC(OC(C)=O)C2C(C(C)CCC(=O)Cc4ccccc4)CCC32)C1. The molecule has 4 aliphatic rings. The molecule has 5 rings (SSSR count). The molecule has 4 aliphatic carbocycles. The predicted octanol–water partition coefficient (Wildman–Crippen LogP) is 6.57. The van der Waals surface area contributed by atoms with Crippen molar-refractivity contribution in [3.8, 4) is 0 Å². The van der Waals surface area contributed by atoms with E-state index in [1.165, 1.54) is 32.6 Å². The summed E-state index contributed by atoms with van der Waals surface area (Å²) in [4.78, 5) is 36.5. The summed E-state index contributed by atoms with van der Waals surface area (Å²) >= 11 is 0. The first kappa shape index (κ1) is 27.4. The Morgan fingerprint density at radius 1 is 0.816 bits per heavy atom. The Kier molecular flexibility index (Phi) is 8.59. The molecule has 4 fully saturated rings. The number of fused-ring (bicyclic) bond motifs is 5. The number of hydrogen-bond donors (Lipinski definition) is 0. The van der Waals surface area contributed by atoms with Crippen LogP contribution in [0.1, 0.15) is 90.5 Å². The fourth-order valence-corrected chi connectivity index (χ4v) is 9.38. The molecule has 10 atom stereocenters. The molecule has 38 heavy (non-hydrogen) atoms. The van der Waals surface area contributed by atoms with Crippen LogP contribution in [0.25, 0.3) is 0 Å². The van der Waals surface area contributed by atoms with Gasteiger partial charge in [-0.25, -0.2) is 0 Å². The van der Waals surface area contributed by atoms with Gasteiger partial charge in [-0.3, -0.25) is 14.4 Å². The number of hydrogen-bond acceptors (Lipinski definition) is 5. The van der Waals surface area contributed by atoms with E-state index in [1.807, 2.05) is 30.3 Å². The van der Waals surface area contributed by atoms with E-state index in [2.05, 4.69) is 6.92 Å². The molecule has 0 bridgehead atoms. The second-order valence-electron chi connectivity index (χ2n) is 13.0. The first-order valence-electron chi connectivity index (χ1n) is 15.2. The zero-order chi connectivity index (χ0) is 26.8. The third kappa shape index (κ3) is 6.02. The Hall–Kier alpha value is -2.17. The molecule has 0 saturated heterocycles. The van der Waals surface area contributed by atoms with Gasteiger partial charge in [-0.05, 0) is 105 Å². The van der Waals surface area contributed by atoms with Gasteiger partial charge in [0.25, 0.3) is 0 Å². The first-order chi connectivity index (χ1) is 18.3. The second-order valence-corrected chi connectivity index (χ2v) is 13.0. The lowest BCUT2D eigenvalue weighted by Crippen LogP contribution is -2.51. The number of ether oxygens (including phenoxy) is 2. The van der Waals surface area contributed by atoms with Crippen molar-refractivity contribution in [3.63, 3.8) is 0 Å². The Bertz CT molecular complexity index is 988. The molecule has 1 aromatic carbocycles. The second kappa shape index (κ2) is 11.9. The van der Waals surface area contributed by atoms with Crippen LogP contribution in [0.3, 0.4) is 0 Å². The molecule has 0 amide bonds. The van der Waals surface area contributed by atoms with Crippen molar-refractivity contribution >= 4 is 17.7 Å². The Balaban J connectivity index is 1.24. The van der Waals surface area contributed by atoms with Crippen LogP contribution in [0.4, 0.5) is 0 Å². The smallest absolute Gasteiger partial charge is 0.302 e. The largest absolute Gasteiger partial charge is 0.463 e. The molecule has 0 aromatic heterocycles. The highest BCUT2D eigenvalue weighted by Crippen LogP contribution is 2.61. The quantitative estimate of drug-likeness (QED) is 0.361. The van der Waals surface area contributed by atoms with Crippen molar-refractivity contribution < 1.29 is 23.9 Å².